The van der Waals surface area contributed by atoms with E-state index in [0.29, 0.717) is 0 Å². The largest absolute Gasteiger partial charge is 0.486 e. The summed E-state index contributed by atoms with van der Waals surface area (Å²) in [6.07, 6.45) is -0.00730. The van der Waals surface area contributed by atoms with Crippen LogP contribution in [0.1, 0.15) is 95.7 Å². The van der Waals surface area contributed by atoms with Gasteiger partial charge in [0.1, 0.15) is 0 Å². The number of carboxylic acids is 2. The van der Waals surface area contributed by atoms with Gasteiger partial charge in [-0.25, -0.2) is 28.8 Å². The van der Waals surface area contributed by atoms with E-state index in [2.05, 4.69) is 20.1 Å². The standard InChI is InChI=1S/C26H23N2O16Si2/c29-19(11-7-15-17(9-13(11)21(31)32)25(37)42-23(15)35)27-3-1-5-45(39)44-46(40,41)6-2-4-28-20(30)12-8-16-18(10-14(12)22(33)34)26(38)43-24(16)36/h7-10,39-41H,1-6H2,(H,27,29)(H,28,30)(H,31,32)(H,33,34). The minimum atomic E-state index is -4.43. The monoisotopic (exact) mass is 675 g/mol. The molecule has 0 fully saturated rings. The molecule has 46 heavy (non-hydrogen) atoms. The highest BCUT2D eigenvalue weighted by Gasteiger charge is 2.37. The maximum absolute atomic E-state index is 12.6. The zero-order valence-corrected chi connectivity index (χ0v) is 25.3. The summed E-state index contributed by atoms with van der Waals surface area (Å²) < 4.78 is 13.9. The van der Waals surface area contributed by atoms with Crippen molar-refractivity contribution >= 4 is 65.7 Å². The highest BCUT2D eigenvalue weighted by Crippen LogP contribution is 2.26. The van der Waals surface area contributed by atoms with Gasteiger partial charge in [0.25, 0.3) is 11.8 Å². The summed E-state index contributed by atoms with van der Waals surface area (Å²) in [7, 11) is -7.21. The number of carbonyl (C=O) groups excluding carboxylic acids is 6. The second-order valence-electron chi connectivity index (χ2n) is 9.81. The number of fused-ring (bicyclic) bond motifs is 2. The molecule has 4 rings (SSSR count). The Bertz CT molecular complexity index is 1700. The Labute approximate surface area is 259 Å². The third kappa shape index (κ3) is 7.39. The third-order valence-corrected chi connectivity index (χ3v) is 10.7. The summed E-state index contributed by atoms with van der Waals surface area (Å²) in [5.74, 6) is -9.04. The molecular formula is C26H23N2O16Si2. The number of benzene rings is 2. The van der Waals surface area contributed by atoms with Gasteiger partial charge in [-0.05, 0) is 43.2 Å². The van der Waals surface area contributed by atoms with Crippen LogP contribution in [0.25, 0.3) is 0 Å². The lowest BCUT2D eigenvalue weighted by Gasteiger charge is -2.20. The molecule has 1 radical (unpaired) electrons. The molecule has 18 nitrogen and oxygen atoms in total. The van der Waals surface area contributed by atoms with Crippen molar-refractivity contribution in [2.45, 2.75) is 24.9 Å². The number of hydrogen-bond donors (Lipinski definition) is 7. The Morgan fingerprint density at radius 2 is 1.04 bits per heavy atom. The van der Waals surface area contributed by atoms with Crippen LogP contribution in [0.3, 0.4) is 0 Å². The Balaban J connectivity index is 1.22. The molecule has 2 amide bonds. The van der Waals surface area contributed by atoms with Gasteiger partial charge in [0.2, 0.25) is 0 Å². The molecule has 2 aromatic rings. The zero-order chi connectivity index (χ0) is 33.9. The van der Waals surface area contributed by atoms with E-state index in [-0.39, 0.29) is 60.3 Å². The number of amides is 2. The number of aromatic carboxylic acids is 2. The lowest BCUT2D eigenvalue weighted by Crippen LogP contribution is -2.45. The minimum Gasteiger partial charge on any atom is -0.478 e. The molecule has 2 aromatic carbocycles. The predicted molar refractivity (Wildman–Crippen MR) is 149 cm³/mol. The van der Waals surface area contributed by atoms with Gasteiger partial charge in [0.05, 0.1) is 44.5 Å². The average molecular weight is 676 g/mol. The van der Waals surface area contributed by atoms with Gasteiger partial charge in [0.15, 0.2) is 0 Å². The molecule has 0 bridgehead atoms. The van der Waals surface area contributed by atoms with E-state index in [9.17, 15) is 63.0 Å². The molecule has 0 aromatic heterocycles. The molecular weight excluding hydrogens is 652 g/mol. The molecule has 2 aliphatic heterocycles. The van der Waals surface area contributed by atoms with Crippen LogP contribution >= 0.6 is 0 Å². The van der Waals surface area contributed by atoms with E-state index >= 15 is 0 Å². The first-order valence-electron chi connectivity index (χ1n) is 13.2. The summed E-state index contributed by atoms with van der Waals surface area (Å²) in [6.45, 7) is -0.301. The van der Waals surface area contributed by atoms with Crippen molar-refractivity contribution < 1.29 is 76.5 Å². The first kappa shape index (κ1) is 33.8. The molecule has 0 saturated carbocycles. The molecule has 2 heterocycles. The van der Waals surface area contributed by atoms with Gasteiger partial charge in [0, 0.05) is 19.1 Å². The molecule has 0 unspecified atom stereocenters. The molecule has 0 atom stereocenters. The molecule has 2 aliphatic rings. The number of cyclic esters (lactones) is 4. The Hall–Kier alpha value is -5.13. The van der Waals surface area contributed by atoms with Crippen molar-refractivity contribution in [3.05, 3.63) is 68.8 Å². The smallest absolute Gasteiger partial charge is 0.478 e. The van der Waals surface area contributed by atoms with E-state index in [4.69, 9.17) is 4.12 Å². The van der Waals surface area contributed by atoms with Crippen molar-refractivity contribution in [1.82, 2.24) is 10.6 Å². The van der Waals surface area contributed by atoms with Gasteiger partial charge in [-0.3, -0.25) is 9.59 Å². The fourth-order valence-electron chi connectivity index (χ4n) is 4.44. The Morgan fingerprint density at radius 1 is 0.674 bits per heavy atom. The van der Waals surface area contributed by atoms with E-state index in [1.54, 1.807) is 0 Å². The molecule has 0 spiro atoms. The van der Waals surface area contributed by atoms with Crippen LogP contribution in [-0.2, 0) is 13.6 Å². The van der Waals surface area contributed by atoms with Gasteiger partial charge in [-0.1, -0.05) is 0 Å². The van der Waals surface area contributed by atoms with Crippen molar-refractivity contribution in [1.29, 1.82) is 0 Å². The summed E-state index contributed by atoms with van der Waals surface area (Å²) in [6, 6.07) is 3.08. The van der Waals surface area contributed by atoms with E-state index < -0.39 is 88.0 Å². The maximum Gasteiger partial charge on any atom is 0.486 e. The molecule has 20 heteroatoms. The lowest BCUT2D eigenvalue weighted by molar-refractivity contribution is 0.0425. The zero-order valence-electron chi connectivity index (χ0n) is 23.3. The molecule has 0 saturated heterocycles. The molecule has 241 valence electrons. The van der Waals surface area contributed by atoms with Crippen LogP contribution < -0.4 is 10.6 Å². The van der Waals surface area contributed by atoms with Crippen LogP contribution in [-0.4, -0.2) is 103 Å². The van der Waals surface area contributed by atoms with Crippen LogP contribution in [0, 0.1) is 0 Å². The SMILES string of the molecule is O=C(O)c1cc2c(cc1C(=O)NCCC[Si](O)O[Si](O)(O)CCCNC(=O)c1cc3c(cc1C(=O)O)C(=O)OC3=O)C(=O)OC2=O. The minimum absolute atomic E-state index is 0.0662. The van der Waals surface area contributed by atoms with E-state index in [1.807, 2.05) is 0 Å². The number of esters is 4. The molecule has 7 N–H and O–H groups in total. The number of ether oxygens (including phenoxy) is 2. The maximum atomic E-state index is 12.6. The van der Waals surface area contributed by atoms with Crippen LogP contribution in [0.5, 0.6) is 0 Å². The summed E-state index contributed by atoms with van der Waals surface area (Å²) in [5.41, 5.74) is -3.05. The number of carbonyl (C=O) groups is 8. The highest BCUT2D eigenvalue weighted by molar-refractivity contribution is 6.66. The fraction of sp³-hybridized carbons (Fsp3) is 0.231. The summed E-state index contributed by atoms with van der Waals surface area (Å²) >= 11 is 0. The van der Waals surface area contributed by atoms with Crippen LogP contribution in [0.2, 0.25) is 12.1 Å². The van der Waals surface area contributed by atoms with Gasteiger partial charge >= 0.3 is 53.9 Å². The van der Waals surface area contributed by atoms with E-state index in [1.165, 1.54) is 0 Å². The van der Waals surface area contributed by atoms with Crippen molar-refractivity contribution in [2.75, 3.05) is 13.1 Å². The Kier molecular flexibility index (Phi) is 9.89. The number of rotatable bonds is 14. The van der Waals surface area contributed by atoms with Crippen molar-refractivity contribution in [3.8, 4) is 0 Å². The van der Waals surface area contributed by atoms with Gasteiger partial charge < -0.3 is 48.8 Å². The third-order valence-electron chi connectivity index (χ3n) is 6.61. The highest BCUT2D eigenvalue weighted by atomic mass is 28.4. The quantitative estimate of drug-likeness (QED) is 0.0550. The van der Waals surface area contributed by atoms with Gasteiger partial charge in [-0.2, -0.15) is 0 Å². The second-order valence-corrected chi connectivity index (χ2v) is 13.9. The van der Waals surface area contributed by atoms with Crippen LogP contribution in [0.4, 0.5) is 0 Å². The predicted octanol–water partition coefficient (Wildman–Crippen LogP) is -0.935. The van der Waals surface area contributed by atoms with Crippen molar-refractivity contribution in [3.63, 3.8) is 0 Å². The summed E-state index contributed by atoms with van der Waals surface area (Å²) in [4.78, 5) is 126. The first-order chi connectivity index (χ1) is 21.6. The Morgan fingerprint density at radius 3 is 1.43 bits per heavy atom. The lowest BCUT2D eigenvalue weighted by atomic mass is 9.99. The normalized spacial score (nSPS) is 13.7. The van der Waals surface area contributed by atoms with Gasteiger partial charge in [-0.15, -0.1) is 0 Å². The summed E-state index contributed by atoms with van der Waals surface area (Å²) in [5, 5.41) is 23.6. The number of nitrogens with one attached hydrogen (secondary N) is 2. The van der Waals surface area contributed by atoms with E-state index in [0.717, 1.165) is 24.3 Å². The second kappa shape index (κ2) is 13.5. The first-order valence-corrected chi connectivity index (χ1v) is 16.8. The number of carboxylic acid groups (broad SMARTS) is 2. The average Bonchev–Trinajstić information content (AvgIpc) is 3.43. The fourth-order valence-corrected chi connectivity index (χ4v) is 7.88. The topological polar surface area (TPSA) is 289 Å². The van der Waals surface area contributed by atoms with Crippen LogP contribution in [0.15, 0.2) is 24.3 Å². The number of hydrogen-bond acceptors (Lipinski definition) is 14. The molecule has 0 aliphatic carbocycles. The van der Waals surface area contributed by atoms with Crippen molar-refractivity contribution in [2.24, 2.45) is 0 Å².